The quantitative estimate of drug-likeness (QED) is 0.248. The van der Waals surface area contributed by atoms with Crippen LogP contribution in [0.3, 0.4) is 0 Å². The van der Waals surface area contributed by atoms with E-state index in [0.29, 0.717) is 11.8 Å². The lowest BCUT2D eigenvalue weighted by Crippen LogP contribution is -2.37. The van der Waals surface area contributed by atoms with E-state index in [1.54, 1.807) is 0 Å². The van der Waals surface area contributed by atoms with Crippen molar-refractivity contribution in [2.45, 2.75) is 47.0 Å². The molecule has 0 aliphatic heterocycles. The SMILES string of the molecule is Cc1ccc(-c2c(C)ccc3c2oc2cc4c(cc23)-c2ccccc2C4(C(C)C)C(C)C)[n+](C)c1. The van der Waals surface area contributed by atoms with Gasteiger partial charge in [0.25, 0.3) is 0 Å². The molecule has 0 atom stereocenters. The summed E-state index contributed by atoms with van der Waals surface area (Å²) in [5.74, 6) is 0.937. The second kappa shape index (κ2) is 7.55. The number of fused-ring (bicyclic) bond motifs is 6. The molecule has 6 rings (SSSR count). The molecule has 0 saturated carbocycles. The van der Waals surface area contributed by atoms with E-state index in [2.05, 4.69) is 120 Å². The van der Waals surface area contributed by atoms with Crippen molar-refractivity contribution in [2.24, 2.45) is 18.9 Å². The van der Waals surface area contributed by atoms with E-state index in [1.807, 2.05) is 0 Å². The lowest BCUT2D eigenvalue weighted by atomic mass is 9.63. The molecule has 35 heavy (non-hydrogen) atoms. The summed E-state index contributed by atoms with van der Waals surface area (Å²) in [5.41, 5.74) is 12.4. The number of furan rings is 1. The molecule has 0 N–H and O–H groups in total. The van der Waals surface area contributed by atoms with E-state index in [9.17, 15) is 0 Å². The maximum Gasteiger partial charge on any atom is 0.216 e. The smallest absolute Gasteiger partial charge is 0.216 e. The van der Waals surface area contributed by atoms with Gasteiger partial charge < -0.3 is 4.42 Å². The fraction of sp³-hybridized carbons (Fsp3) is 0.303. The van der Waals surface area contributed by atoms with Gasteiger partial charge in [-0.15, -0.1) is 0 Å². The Morgan fingerprint density at radius 1 is 0.771 bits per heavy atom. The minimum atomic E-state index is -0.0266. The Hall–Kier alpha value is -3.39. The summed E-state index contributed by atoms with van der Waals surface area (Å²) in [4.78, 5) is 0. The Balaban J connectivity index is 1.71. The minimum Gasteiger partial charge on any atom is -0.455 e. The van der Waals surface area contributed by atoms with E-state index in [1.165, 1.54) is 55.4 Å². The van der Waals surface area contributed by atoms with Crippen molar-refractivity contribution in [1.82, 2.24) is 0 Å². The van der Waals surface area contributed by atoms with Crippen molar-refractivity contribution in [2.75, 3.05) is 0 Å². The van der Waals surface area contributed by atoms with Gasteiger partial charge in [-0.05, 0) is 71.7 Å². The lowest BCUT2D eigenvalue weighted by Gasteiger charge is -2.40. The van der Waals surface area contributed by atoms with Crippen LogP contribution < -0.4 is 4.57 Å². The summed E-state index contributed by atoms with van der Waals surface area (Å²) in [6.45, 7) is 13.8. The Labute approximate surface area is 208 Å². The average molecular weight is 461 g/mol. The molecule has 0 spiro atoms. The second-order valence-electron chi connectivity index (χ2n) is 11.1. The number of nitrogens with zero attached hydrogens (tertiary/aromatic N) is 1. The number of hydrogen-bond acceptors (Lipinski definition) is 1. The summed E-state index contributed by atoms with van der Waals surface area (Å²) >= 11 is 0. The minimum absolute atomic E-state index is 0.0266. The molecule has 1 aliphatic carbocycles. The molecule has 2 heteroatoms. The van der Waals surface area contributed by atoms with Crippen LogP contribution >= 0.6 is 0 Å². The molecule has 176 valence electrons. The predicted octanol–water partition coefficient (Wildman–Crippen LogP) is 8.27. The van der Waals surface area contributed by atoms with Gasteiger partial charge in [0.15, 0.2) is 6.20 Å². The predicted molar refractivity (Wildman–Crippen MR) is 146 cm³/mol. The van der Waals surface area contributed by atoms with Gasteiger partial charge >= 0.3 is 0 Å². The monoisotopic (exact) mass is 460 g/mol. The van der Waals surface area contributed by atoms with E-state index in [-0.39, 0.29) is 5.41 Å². The largest absolute Gasteiger partial charge is 0.455 e. The van der Waals surface area contributed by atoms with E-state index >= 15 is 0 Å². The molecule has 2 nitrogen and oxygen atoms in total. The van der Waals surface area contributed by atoms with Crippen molar-refractivity contribution in [3.63, 3.8) is 0 Å². The summed E-state index contributed by atoms with van der Waals surface area (Å²) < 4.78 is 8.98. The first kappa shape index (κ1) is 22.1. The van der Waals surface area contributed by atoms with Crippen molar-refractivity contribution >= 4 is 21.9 Å². The Kier molecular flexibility index (Phi) is 4.77. The number of aryl methyl sites for hydroxylation is 3. The van der Waals surface area contributed by atoms with E-state index in [0.717, 1.165) is 11.2 Å². The van der Waals surface area contributed by atoms with Crippen molar-refractivity contribution < 1.29 is 8.98 Å². The molecule has 2 heterocycles. The molecule has 0 saturated heterocycles. The Bertz CT molecular complexity index is 1620. The summed E-state index contributed by atoms with van der Waals surface area (Å²) in [6.07, 6.45) is 2.18. The molecule has 0 bridgehead atoms. The molecule has 5 aromatic rings. The Morgan fingerprint density at radius 3 is 2.23 bits per heavy atom. The highest BCUT2D eigenvalue weighted by Gasteiger charge is 2.48. The molecule has 0 unspecified atom stereocenters. The molecular weight excluding hydrogens is 426 g/mol. The third-order valence-corrected chi connectivity index (χ3v) is 8.46. The fourth-order valence-electron chi connectivity index (χ4n) is 7.01. The van der Waals surface area contributed by atoms with Gasteiger partial charge in [-0.1, -0.05) is 64.1 Å². The van der Waals surface area contributed by atoms with Gasteiger partial charge in [0.05, 0.1) is 5.56 Å². The zero-order valence-corrected chi connectivity index (χ0v) is 21.9. The van der Waals surface area contributed by atoms with Gasteiger partial charge in [0.1, 0.15) is 18.2 Å². The fourth-order valence-corrected chi connectivity index (χ4v) is 7.01. The van der Waals surface area contributed by atoms with E-state index in [4.69, 9.17) is 4.42 Å². The first-order chi connectivity index (χ1) is 16.7. The third-order valence-electron chi connectivity index (χ3n) is 8.46. The van der Waals surface area contributed by atoms with Crippen LogP contribution in [0.4, 0.5) is 0 Å². The van der Waals surface area contributed by atoms with Crippen LogP contribution in [-0.2, 0) is 12.5 Å². The third kappa shape index (κ3) is 2.86. The van der Waals surface area contributed by atoms with Gasteiger partial charge in [-0.25, -0.2) is 4.57 Å². The highest BCUT2D eigenvalue weighted by Crippen LogP contribution is 2.57. The zero-order valence-electron chi connectivity index (χ0n) is 21.9. The second-order valence-corrected chi connectivity index (χ2v) is 11.1. The highest BCUT2D eigenvalue weighted by molar-refractivity contribution is 6.11. The van der Waals surface area contributed by atoms with Gasteiger partial charge in [-0.2, -0.15) is 0 Å². The molecule has 1 aliphatic rings. The topological polar surface area (TPSA) is 17.0 Å². The van der Waals surface area contributed by atoms with Crippen LogP contribution in [-0.4, -0.2) is 0 Å². The maximum absolute atomic E-state index is 6.77. The van der Waals surface area contributed by atoms with Gasteiger partial charge in [0.2, 0.25) is 5.69 Å². The number of hydrogen-bond donors (Lipinski definition) is 0. The van der Waals surface area contributed by atoms with Crippen LogP contribution in [0.25, 0.3) is 44.3 Å². The molecular formula is C33H34NO+. The number of pyridine rings is 1. The molecule has 2 aromatic heterocycles. The van der Waals surface area contributed by atoms with Crippen molar-refractivity contribution in [3.05, 3.63) is 89.1 Å². The standard InChI is InChI=1S/C33H34NO/c1-19(2)33(20(3)4)27-11-9-8-10-23(27)25-16-26-24-14-13-22(6)31(29-15-12-21(5)18-34(29)7)32(24)35-30(26)17-28(25)33/h8-20H,1-7H3/q+1. The summed E-state index contributed by atoms with van der Waals surface area (Å²) in [7, 11) is 2.12. The average Bonchev–Trinajstić information content (AvgIpc) is 3.31. The lowest BCUT2D eigenvalue weighted by molar-refractivity contribution is -0.660. The van der Waals surface area contributed by atoms with Crippen LogP contribution in [0.5, 0.6) is 0 Å². The highest BCUT2D eigenvalue weighted by atomic mass is 16.3. The first-order valence-corrected chi connectivity index (χ1v) is 12.8. The van der Waals surface area contributed by atoms with Crippen LogP contribution in [0, 0.1) is 25.7 Å². The maximum atomic E-state index is 6.77. The Morgan fingerprint density at radius 2 is 1.51 bits per heavy atom. The van der Waals surface area contributed by atoms with Gasteiger partial charge in [0, 0.05) is 27.8 Å². The molecule has 0 amide bonds. The van der Waals surface area contributed by atoms with E-state index < -0.39 is 0 Å². The van der Waals surface area contributed by atoms with Crippen LogP contribution in [0.15, 0.2) is 71.3 Å². The number of benzene rings is 3. The summed E-state index contributed by atoms with van der Waals surface area (Å²) in [5, 5.41) is 2.39. The van der Waals surface area contributed by atoms with Gasteiger partial charge in [-0.3, -0.25) is 0 Å². The zero-order chi connectivity index (χ0) is 24.6. The van der Waals surface area contributed by atoms with Crippen LogP contribution in [0.1, 0.15) is 49.9 Å². The molecule has 3 aromatic carbocycles. The van der Waals surface area contributed by atoms with Crippen molar-refractivity contribution in [3.8, 4) is 22.4 Å². The normalized spacial score (nSPS) is 14.3. The molecule has 0 radical (unpaired) electrons. The molecule has 0 fully saturated rings. The number of rotatable bonds is 3. The summed E-state index contributed by atoms with van der Waals surface area (Å²) in [6, 6.07) is 22.6. The van der Waals surface area contributed by atoms with Crippen molar-refractivity contribution in [1.29, 1.82) is 0 Å². The number of aromatic nitrogens is 1. The first-order valence-electron chi connectivity index (χ1n) is 12.8. The van der Waals surface area contributed by atoms with Crippen LogP contribution in [0.2, 0.25) is 0 Å².